The zero-order valence-electron chi connectivity index (χ0n) is 13.8. The first-order chi connectivity index (χ1) is 11.6. The molecule has 3 rings (SSSR count). The number of nitriles is 1. The standard InChI is InChI=1S/C20H21N3O/c1-14-10-11-23(19-8-7-17(22)12-18(14)19)20(24)9-6-15-2-4-16(13-21)5-3-15/h2-5,7-8,12,14H,6,9-11,22H2,1H3. The summed E-state index contributed by atoms with van der Waals surface area (Å²) in [6.07, 6.45) is 2.10. The molecule has 122 valence electrons. The van der Waals surface area contributed by atoms with Gasteiger partial charge in [0, 0.05) is 24.3 Å². The van der Waals surface area contributed by atoms with Crippen molar-refractivity contribution in [3.8, 4) is 6.07 Å². The Labute approximate surface area is 142 Å². The molecule has 0 radical (unpaired) electrons. The molecule has 24 heavy (non-hydrogen) atoms. The van der Waals surface area contributed by atoms with Crippen molar-refractivity contribution in [1.82, 2.24) is 0 Å². The molecule has 1 heterocycles. The summed E-state index contributed by atoms with van der Waals surface area (Å²) in [5.74, 6) is 0.559. The zero-order chi connectivity index (χ0) is 17.1. The van der Waals surface area contributed by atoms with E-state index in [4.69, 9.17) is 11.0 Å². The number of anilines is 2. The first-order valence-corrected chi connectivity index (χ1v) is 8.27. The smallest absolute Gasteiger partial charge is 0.227 e. The van der Waals surface area contributed by atoms with Gasteiger partial charge in [0.1, 0.15) is 0 Å². The van der Waals surface area contributed by atoms with Crippen molar-refractivity contribution < 1.29 is 4.79 Å². The molecule has 2 aromatic rings. The predicted molar refractivity (Wildman–Crippen MR) is 95.7 cm³/mol. The SMILES string of the molecule is CC1CCN(C(=O)CCc2ccc(C#N)cc2)c2ccc(N)cc21. The van der Waals surface area contributed by atoms with E-state index in [2.05, 4.69) is 13.0 Å². The van der Waals surface area contributed by atoms with Crippen LogP contribution in [-0.4, -0.2) is 12.5 Å². The summed E-state index contributed by atoms with van der Waals surface area (Å²) in [5.41, 5.74) is 10.5. The van der Waals surface area contributed by atoms with Gasteiger partial charge < -0.3 is 10.6 Å². The van der Waals surface area contributed by atoms with Gasteiger partial charge in [-0.1, -0.05) is 19.1 Å². The van der Waals surface area contributed by atoms with E-state index in [0.717, 1.165) is 35.5 Å². The molecule has 0 saturated carbocycles. The molecule has 1 aliphatic heterocycles. The Morgan fingerprint density at radius 3 is 2.75 bits per heavy atom. The maximum absolute atomic E-state index is 12.7. The summed E-state index contributed by atoms with van der Waals surface area (Å²) in [5, 5.41) is 8.83. The quantitative estimate of drug-likeness (QED) is 0.879. The van der Waals surface area contributed by atoms with E-state index < -0.39 is 0 Å². The number of hydrogen-bond donors (Lipinski definition) is 1. The van der Waals surface area contributed by atoms with Crippen molar-refractivity contribution in [1.29, 1.82) is 5.26 Å². The van der Waals surface area contributed by atoms with Gasteiger partial charge in [0.2, 0.25) is 5.91 Å². The molecule has 1 atom stereocenters. The normalized spacial score (nSPS) is 16.3. The number of benzene rings is 2. The Kier molecular flexibility index (Phi) is 4.52. The lowest BCUT2D eigenvalue weighted by molar-refractivity contribution is -0.118. The van der Waals surface area contributed by atoms with E-state index in [1.165, 1.54) is 0 Å². The van der Waals surface area contributed by atoms with Gasteiger partial charge in [-0.25, -0.2) is 0 Å². The number of hydrogen-bond acceptors (Lipinski definition) is 3. The molecule has 0 aromatic heterocycles. The second kappa shape index (κ2) is 6.76. The predicted octanol–water partition coefficient (Wildman–Crippen LogP) is 3.61. The van der Waals surface area contributed by atoms with E-state index in [-0.39, 0.29) is 5.91 Å². The first kappa shape index (κ1) is 16.1. The van der Waals surface area contributed by atoms with Crippen molar-refractivity contribution in [3.63, 3.8) is 0 Å². The third-order valence-electron chi connectivity index (χ3n) is 4.67. The molecule has 0 aliphatic carbocycles. The largest absolute Gasteiger partial charge is 0.399 e. The first-order valence-electron chi connectivity index (χ1n) is 8.27. The van der Waals surface area contributed by atoms with Gasteiger partial charge in [0.15, 0.2) is 0 Å². The summed E-state index contributed by atoms with van der Waals surface area (Å²) >= 11 is 0. The van der Waals surface area contributed by atoms with E-state index in [1.54, 1.807) is 12.1 Å². The highest BCUT2D eigenvalue weighted by atomic mass is 16.2. The van der Waals surface area contributed by atoms with Crippen molar-refractivity contribution in [2.45, 2.75) is 32.1 Å². The maximum Gasteiger partial charge on any atom is 0.227 e. The number of nitrogens with zero attached hydrogens (tertiary/aromatic N) is 2. The van der Waals surface area contributed by atoms with Crippen LogP contribution < -0.4 is 10.6 Å². The van der Waals surface area contributed by atoms with Gasteiger partial charge in [0.25, 0.3) is 0 Å². The summed E-state index contributed by atoms with van der Waals surface area (Å²) in [6, 6.07) is 15.3. The molecule has 4 heteroatoms. The molecule has 2 aromatic carbocycles. The Balaban J connectivity index is 1.71. The molecule has 4 nitrogen and oxygen atoms in total. The Hall–Kier alpha value is -2.80. The average molecular weight is 319 g/mol. The second-order valence-corrected chi connectivity index (χ2v) is 6.36. The lowest BCUT2D eigenvalue weighted by atomic mass is 9.91. The molecule has 0 bridgehead atoms. The Morgan fingerprint density at radius 2 is 2.04 bits per heavy atom. The summed E-state index contributed by atoms with van der Waals surface area (Å²) < 4.78 is 0. The van der Waals surface area contributed by atoms with Crippen LogP contribution in [0.4, 0.5) is 11.4 Å². The lowest BCUT2D eigenvalue weighted by Crippen LogP contribution is -2.36. The molecule has 2 N–H and O–H groups in total. The van der Waals surface area contributed by atoms with E-state index in [9.17, 15) is 4.79 Å². The average Bonchev–Trinajstić information content (AvgIpc) is 2.61. The van der Waals surface area contributed by atoms with Gasteiger partial charge in [-0.2, -0.15) is 5.26 Å². The van der Waals surface area contributed by atoms with Crippen molar-refractivity contribution in [2.75, 3.05) is 17.2 Å². The van der Waals surface area contributed by atoms with Crippen LogP contribution >= 0.6 is 0 Å². The minimum Gasteiger partial charge on any atom is -0.399 e. The molecule has 1 amide bonds. The van der Waals surface area contributed by atoms with Gasteiger partial charge in [-0.05, 0) is 60.2 Å². The van der Waals surface area contributed by atoms with Crippen LogP contribution in [0.2, 0.25) is 0 Å². The molecule has 1 unspecified atom stereocenters. The number of aryl methyl sites for hydroxylation is 1. The van der Waals surface area contributed by atoms with Crippen molar-refractivity contribution in [2.24, 2.45) is 0 Å². The van der Waals surface area contributed by atoms with Crippen LogP contribution in [-0.2, 0) is 11.2 Å². The molecule has 1 aliphatic rings. The number of nitrogen functional groups attached to an aromatic ring is 1. The minimum atomic E-state index is 0.136. The van der Waals surface area contributed by atoms with Gasteiger partial charge in [0.05, 0.1) is 11.6 Å². The summed E-state index contributed by atoms with van der Waals surface area (Å²) in [4.78, 5) is 14.6. The van der Waals surface area contributed by atoms with Crippen LogP contribution in [0, 0.1) is 11.3 Å². The Morgan fingerprint density at radius 1 is 1.29 bits per heavy atom. The highest BCUT2D eigenvalue weighted by Gasteiger charge is 2.26. The van der Waals surface area contributed by atoms with Crippen molar-refractivity contribution in [3.05, 3.63) is 59.2 Å². The van der Waals surface area contributed by atoms with Crippen LogP contribution in [0.15, 0.2) is 42.5 Å². The Bertz CT molecular complexity index is 790. The molecule has 0 fully saturated rings. The highest BCUT2D eigenvalue weighted by Crippen LogP contribution is 2.36. The van der Waals surface area contributed by atoms with E-state index >= 15 is 0 Å². The molecular weight excluding hydrogens is 298 g/mol. The number of rotatable bonds is 3. The van der Waals surface area contributed by atoms with Crippen LogP contribution in [0.3, 0.4) is 0 Å². The van der Waals surface area contributed by atoms with E-state index in [0.29, 0.717) is 24.3 Å². The number of nitrogens with two attached hydrogens (primary N) is 1. The molecular formula is C20H21N3O. The number of amides is 1. The second-order valence-electron chi connectivity index (χ2n) is 6.36. The fraction of sp³-hybridized carbons (Fsp3) is 0.300. The molecule has 0 spiro atoms. The molecule has 0 saturated heterocycles. The van der Waals surface area contributed by atoms with Crippen LogP contribution in [0.25, 0.3) is 0 Å². The van der Waals surface area contributed by atoms with Gasteiger partial charge >= 0.3 is 0 Å². The van der Waals surface area contributed by atoms with Crippen LogP contribution in [0.5, 0.6) is 0 Å². The number of carbonyl (C=O) groups is 1. The fourth-order valence-corrected chi connectivity index (χ4v) is 3.20. The topological polar surface area (TPSA) is 70.1 Å². The van der Waals surface area contributed by atoms with Gasteiger partial charge in [-0.15, -0.1) is 0 Å². The van der Waals surface area contributed by atoms with Crippen molar-refractivity contribution >= 4 is 17.3 Å². The monoisotopic (exact) mass is 319 g/mol. The third-order valence-corrected chi connectivity index (χ3v) is 4.67. The van der Waals surface area contributed by atoms with Gasteiger partial charge in [-0.3, -0.25) is 4.79 Å². The third kappa shape index (κ3) is 3.26. The fourth-order valence-electron chi connectivity index (χ4n) is 3.20. The van der Waals surface area contributed by atoms with Crippen LogP contribution in [0.1, 0.15) is 42.4 Å². The minimum absolute atomic E-state index is 0.136. The number of carbonyl (C=O) groups excluding carboxylic acids is 1. The van der Waals surface area contributed by atoms with E-state index in [1.807, 2.05) is 35.2 Å². The summed E-state index contributed by atoms with van der Waals surface area (Å²) in [7, 11) is 0. The lowest BCUT2D eigenvalue weighted by Gasteiger charge is -2.33. The highest BCUT2D eigenvalue weighted by molar-refractivity contribution is 5.95. The summed E-state index contributed by atoms with van der Waals surface area (Å²) in [6.45, 7) is 2.93. The zero-order valence-corrected chi connectivity index (χ0v) is 13.8. The number of fused-ring (bicyclic) bond motifs is 1. The maximum atomic E-state index is 12.7.